The van der Waals surface area contributed by atoms with Crippen LogP contribution in [0.4, 0.5) is 5.69 Å². The minimum atomic E-state index is 0.0161. The average Bonchev–Trinajstić information content (AvgIpc) is 3.27. The molecule has 0 radical (unpaired) electrons. The highest BCUT2D eigenvalue weighted by Crippen LogP contribution is 2.52. The van der Waals surface area contributed by atoms with Crippen LogP contribution in [-0.2, 0) is 4.79 Å². The van der Waals surface area contributed by atoms with Gasteiger partial charge in [0.1, 0.15) is 0 Å². The van der Waals surface area contributed by atoms with Crippen LogP contribution >= 0.6 is 0 Å². The molecule has 3 atom stereocenters. The van der Waals surface area contributed by atoms with Gasteiger partial charge in [0.15, 0.2) is 5.78 Å². The normalized spacial score (nSPS) is 28.6. The summed E-state index contributed by atoms with van der Waals surface area (Å²) in [5, 5.41) is 3.03. The van der Waals surface area contributed by atoms with Gasteiger partial charge in [-0.2, -0.15) is 0 Å². The van der Waals surface area contributed by atoms with Gasteiger partial charge < -0.3 is 5.32 Å². The molecule has 3 heteroatoms. The third-order valence-electron chi connectivity index (χ3n) is 5.34. The molecule has 0 aromatic heterocycles. The highest BCUT2D eigenvalue weighted by atomic mass is 16.2. The van der Waals surface area contributed by atoms with Gasteiger partial charge in [-0.05, 0) is 69.4 Å². The number of benzene rings is 1. The second-order valence-corrected chi connectivity index (χ2v) is 7.15. The van der Waals surface area contributed by atoms with Gasteiger partial charge in [0.2, 0.25) is 5.91 Å². The summed E-state index contributed by atoms with van der Waals surface area (Å²) >= 11 is 0. The van der Waals surface area contributed by atoms with Crippen LogP contribution in [0.3, 0.4) is 0 Å². The van der Waals surface area contributed by atoms with Crippen molar-refractivity contribution in [3.05, 3.63) is 54.1 Å². The number of anilines is 1. The van der Waals surface area contributed by atoms with Crippen LogP contribution in [-0.4, -0.2) is 11.7 Å². The number of rotatable bonds is 3. The number of amides is 1. The van der Waals surface area contributed by atoms with Crippen molar-refractivity contribution in [2.75, 3.05) is 5.32 Å². The van der Waals surface area contributed by atoms with Crippen molar-refractivity contribution in [1.82, 2.24) is 0 Å². The van der Waals surface area contributed by atoms with Gasteiger partial charge in [-0.25, -0.2) is 0 Å². The Kier molecular flexibility index (Phi) is 5.85. The molecular weight excluding hydrogens is 310 g/mol. The number of hydrogen-bond donors (Lipinski definition) is 1. The molecule has 132 valence electrons. The zero-order valence-corrected chi connectivity index (χ0v) is 14.9. The van der Waals surface area contributed by atoms with E-state index in [1.165, 1.54) is 0 Å². The number of Topliss-reactive ketones (excluding diaryl/α,β-unsaturated/α-hetero) is 1. The summed E-state index contributed by atoms with van der Waals surface area (Å²) in [6.07, 6.45) is 15.6. The Morgan fingerprint density at radius 3 is 2.12 bits per heavy atom. The lowest BCUT2D eigenvalue weighted by Gasteiger charge is -2.06. The minimum Gasteiger partial charge on any atom is -0.326 e. The van der Waals surface area contributed by atoms with E-state index in [0.29, 0.717) is 17.4 Å². The quantitative estimate of drug-likeness (QED) is 0.612. The zero-order valence-electron chi connectivity index (χ0n) is 14.9. The third-order valence-corrected chi connectivity index (χ3v) is 5.34. The van der Waals surface area contributed by atoms with Crippen molar-refractivity contribution >= 4 is 17.4 Å². The second-order valence-electron chi connectivity index (χ2n) is 7.15. The molecule has 3 nitrogen and oxygen atoms in total. The molecule has 0 bridgehead atoms. The fourth-order valence-electron chi connectivity index (χ4n) is 3.90. The third kappa shape index (κ3) is 4.68. The summed E-state index contributed by atoms with van der Waals surface area (Å²) in [6.45, 7) is 1.54. The predicted octanol–water partition coefficient (Wildman–Crippen LogP) is 5.16. The highest BCUT2D eigenvalue weighted by Gasteiger charge is 2.52. The molecule has 1 N–H and O–H groups in total. The lowest BCUT2D eigenvalue weighted by molar-refractivity contribution is -0.117. The maximum Gasteiger partial charge on any atom is 0.228 e. The summed E-state index contributed by atoms with van der Waals surface area (Å²) in [5.74, 6) is 1.23. The molecule has 0 aliphatic heterocycles. The molecular formula is C22H27NO2. The number of hydrogen-bond acceptors (Lipinski definition) is 2. The molecule has 3 rings (SSSR count). The van der Waals surface area contributed by atoms with E-state index in [2.05, 4.69) is 29.6 Å². The first-order valence-corrected chi connectivity index (χ1v) is 9.38. The Morgan fingerprint density at radius 1 is 0.920 bits per heavy atom. The molecule has 2 aliphatic rings. The zero-order chi connectivity index (χ0) is 17.6. The first-order chi connectivity index (χ1) is 12.2. The van der Waals surface area contributed by atoms with Crippen LogP contribution < -0.4 is 5.32 Å². The lowest BCUT2D eigenvalue weighted by Crippen LogP contribution is -2.16. The van der Waals surface area contributed by atoms with Crippen LogP contribution in [0.5, 0.6) is 0 Å². The molecule has 1 saturated carbocycles. The van der Waals surface area contributed by atoms with Gasteiger partial charge in [0.25, 0.3) is 0 Å². The Balaban J connectivity index is 1.63. The van der Waals surface area contributed by atoms with Crippen LogP contribution in [0.1, 0.15) is 55.8 Å². The monoisotopic (exact) mass is 337 g/mol. The topological polar surface area (TPSA) is 46.2 Å². The molecule has 1 amide bonds. The van der Waals surface area contributed by atoms with Crippen LogP contribution in [0, 0.1) is 17.8 Å². The van der Waals surface area contributed by atoms with Gasteiger partial charge in [-0.15, -0.1) is 0 Å². The van der Waals surface area contributed by atoms with E-state index in [-0.39, 0.29) is 17.6 Å². The number of nitrogens with one attached hydrogen (secondary N) is 1. The molecule has 0 spiro atoms. The Hall–Kier alpha value is -2.16. The molecule has 1 aromatic carbocycles. The van der Waals surface area contributed by atoms with E-state index in [0.717, 1.165) is 44.2 Å². The highest BCUT2D eigenvalue weighted by molar-refractivity contribution is 5.98. The van der Waals surface area contributed by atoms with Gasteiger partial charge in [0.05, 0.1) is 0 Å². The molecule has 2 aliphatic carbocycles. The smallest absolute Gasteiger partial charge is 0.228 e. The van der Waals surface area contributed by atoms with Crippen LogP contribution in [0.2, 0.25) is 0 Å². The van der Waals surface area contributed by atoms with Gasteiger partial charge in [-0.1, -0.05) is 36.4 Å². The van der Waals surface area contributed by atoms with E-state index in [9.17, 15) is 9.59 Å². The summed E-state index contributed by atoms with van der Waals surface area (Å²) < 4.78 is 0. The number of carbonyl (C=O) groups excluding carboxylic acids is 2. The van der Waals surface area contributed by atoms with E-state index < -0.39 is 0 Å². The standard InChI is InChI=1S/C22H27NO2/c1-16(24)17-11-10-12-18(15-17)23-22(25)21-19-13-8-6-4-2-3-5-7-9-14-20(19)21/h4-7,10-12,15,19-21H,2-3,8-9,13-14H2,1H3,(H,23,25)/b6-4-,7-5+/t19-,20-,21?/m0/s1. The van der Waals surface area contributed by atoms with Crippen molar-refractivity contribution in [1.29, 1.82) is 0 Å². The lowest BCUT2D eigenvalue weighted by atomic mass is 10.1. The van der Waals surface area contributed by atoms with Crippen molar-refractivity contribution in [2.24, 2.45) is 17.8 Å². The van der Waals surface area contributed by atoms with Crippen LogP contribution in [0.25, 0.3) is 0 Å². The minimum absolute atomic E-state index is 0.0161. The first-order valence-electron chi connectivity index (χ1n) is 9.38. The maximum atomic E-state index is 12.7. The average molecular weight is 337 g/mol. The Labute approximate surface area is 150 Å². The van der Waals surface area contributed by atoms with Crippen molar-refractivity contribution in [2.45, 2.75) is 45.4 Å². The van der Waals surface area contributed by atoms with E-state index >= 15 is 0 Å². The van der Waals surface area contributed by atoms with Crippen molar-refractivity contribution in [3.8, 4) is 0 Å². The van der Waals surface area contributed by atoms with Gasteiger partial charge in [0, 0.05) is 17.2 Å². The molecule has 0 heterocycles. The molecule has 25 heavy (non-hydrogen) atoms. The summed E-state index contributed by atoms with van der Waals surface area (Å²) in [7, 11) is 0. The summed E-state index contributed by atoms with van der Waals surface area (Å²) in [6, 6.07) is 7.21. The maximum absolute atomic E-state index is 12.7. The largest absolute Gasteiger partial charge is 0.326 e. The van der Waals surface area contributed by atoms with E-state index in [1.54, 1.807) is 19.1 Å². The second kappa shape index (κ2) is 8.28. The van der Waals surface area contributed by atoms with E-state index in [1.807, 2.05) is 12.1 Å². The molecule has 1 unspecified atom stereocenters. The summed E-state index contributed by atoms with van der Waals surface area (Å²) in [4.78, 5) is 24.2. The van der Waals surface area contributed by atoms with Gasteiger partial charge >= 0.3 is 0 Å². The molecule has 0 saturated heterocycles. The number of ketones is 1. The predicted molar refractivity (Wildman–Crippen MR) is 102 cm³/mol. The summed E-state index contributed by atoms with van der Waals surface area (Å²) in [5.41, 5.74) is 1.36. The molecule has 1 fully saturated rings. The number of fused-ring (bicyclic) bond motifs is 1. The number of carbonyl (C=O) groups is 2. The van der Waals surface area contributed by atoms with Crippen LogP contribution in [0.15, 0.2) is 48.6 Å². The van der Waals surface area contributed by atoms with Crippen molar-refractivity contribution in [3.63, 3.8) is 0 Å². The Morgan fingerprint density at radius 2 is 1.52 bits per heavy atom. The molecule has 1 aromatic rings. The fraction of sp³-hybridized carbons (Fsp3) is 0.455. The number of allylic oxidation sites excluding steroid dienone is 4. The van der Waals surface area contributed by atoms with Crippen molar-refractivity contribution < 1.29 is 9.59 Å². The SMILES string of the molecule is CC(=O)c1cccc(NC(=O)C2[C@H]3CC/C=C\CC/C=C/CC[C@H]23)c1. The van der Waals surface area contributed by atoms with E-state index in [4.69, 9.17) is 0 Å². The first kappa shape index (κ1) is 17.7. The van der Waals surface area contributed by atoms with Gasteiger partial charge in [-0.3, -0.25) is 9.59 Å². The Bertz CT molecular complexity index is 665. The fourth-order valence-corrected chi connectivity index (χ4v) is 3.90.